The van der Waals surface area contributed by atoms with E-state index in [9.17, 15) is 4.39 Å². The number of rotatable bonds is 7. The summed E-state index contributed by atoms with van der Waals surface area (Å²) in [6, 6.07) is 10.9. The Labute approximate surface area is 159 Å². The van der Waals surface area contributed by atoms with Gasteiger partial charge in [0.1, 0.15) is 17.5 Å². The minimum atomic E-state index is -0.244. The number of nitrogens with zero attached hydrogens (tertiary/aromatic N) is 4. The van der Waals surface area contributed by atoms with Crippen LogP contribution in [0.5, 0.6) is 0 Å². The van der Waals surface area contributed by atoms with E-state index < -0.39 is 0 Å². The van der Waals surface area contributed by atoms with Crippen molar-refractivity contribution in [2.24, 2.45) is 7.05 Å². The van der Waals surface area contributed by atoms with Crippen LogP contribution in [0.2, 0.25) is 0 Å². The highest BCUT2D eigenvalue weighted by molar-refractivity contribution is 5.39. The Balaban J connectivity index is 1.77. The number of pyridine rings is 1. The van der Waals surface area contributed by atoms with Crippen LogP contribution in [0.15, 0.2) is 55.0 Å². The largest absolute Gasteiger partial charge is 0.357 e. The van der Waals surface area contributed by atoms with Crippen LogP contribution in [-0.4, -0.2) is 27.6 Å². The topological polar surface area (TPSA) is 46.0 Å². The zero-order valence-electron chi connectivity index (χ0n) is 16.2. The summed E-state index contributed by atoms with van der Waals surface area (Å²) in [5.74, 6) is 1.59. The van der Waals surface area contributed by atoms with Gasteiger partial charge >= 0.3 is 0 Å². The number of aromatic nitrogens is 3. The average molecular weight is 367 g/mol. The second-order valence-electron chi connectivity index (χ2n) is 6.99. The van der Waals surface area contributed by atoms with E-state index >= 15 is 0 Å². The molecular weight excluding hydrogens is 341 g/mol. The van der Waals surface area contributed by atoms with E-state index in [4.69, 9.17) is 0 Å². The van der Waals surface area contributed by atoms with Gasteiger partial charge in [0.15, 0.2) is 0 Å². The SMILES string of the molecule is CC(C)N(C)c1ccc(CNC(c2ccc(F)cc2)c2nccn2C)cn1. The van der Waals surface area contributed by atoms with E-state index in [1.807, 2.05) is 37.1 Å². The van der Waals surface area contributed by atoms with Crippen molar-refractivity contribution in [1.29, 1.82) is 0 Å². The molecule has 2 aromatic heterocycles. The van der Waals surface area contributed by atoms with Gasteiger partial charge in [0.2, 0.25) is 0 Å². The highest BCUT2D eigenvalue weighted by atomic mass is 19.1. The molecule has 1 N–H and O–H groups in total. The molecule has 3 rings (SSSR count). The predicted octanol–water partition coefficient (Wildman–Crippen LogP) is 3.68. The summed E-state index contributed by atoms with van der Waals surface area (Å²) in [6.07, 6.45) is 5.57. The fraction of sp³-hybridized carbons (Fsp3) is 0.333. The fourth-order valence-electron chi connectivity index (χ4n) is 2.88. The van der Waals surface area contributed by atoms with Crippen molar-refractivity contribution in [3.8, 4) is 0 Å². The Kier molecular flexibility index (Phi) is 5.86. The molecule has 0 spiro atoms. The van der Waals surface area contributed by atoms with Crippen LogP contribution in [0.1, 0.15) is 36.8 Å². The molecule has 0 aliphatic rings. The molecule has 0 bridgehead atoms. The average Bonchev–Trinajstić information content (AvgIpc) is 3.09. The maximum atomic E-state index is 13.3. The lowest BCUT2D eigenvalue weighted by Gasteiger charge is -2.23. The van der Waals surface area contributed by atoms with E-state index in [0.717, 1.165) is 22.8 Å². The van der Waals surface area contributed by atoms with Crippen molar-refractivity contribution < 1.29 is 4.39 Å². The normalized spacial score (nSPS) is 12.4. The van der Waals surface area contributed by atoms with Gasteiger partial charge in [0.25, 0.3) is 0 Å². The van der Waals surface area contributed by atoms with E-state index in [2.05, 4.69) is 40.1 Å². The van der Waals surface area contributed by atoms with Gasteiger partial charge in [0.05, 0.1) is 6.04 Å². The van der Waals surface area contributed by atoms with Crippen molar-refractivity contribution >= 4 is 5.82 Å². The second-order valence-corrected chi connectivity index (χ2v) is 6.99. The third-order valence-corrected chi connectivity index (χ3v) is 4.78. The first-order valence-electron chi connectivity index (χ1n) is 9.09. The minimum absolute atomic E-state index is 0.136. The van der Waals surface area contributed by atoms with E-state index in [1.165, 1.54) is 12.1 Å². The van der Waals surface area contributed by atoms with Gasteiger partial charge in [-0.1, -0.05) is 18.2 Å². The zero-order valence-corrected chi connectivity index (χ0v) is 16.2. The molecule has 0 radical (unpaired) electrons. The van der Waals surface area contributed by atoms with E-state index in [-0.39, 0.29) is 11.9 Å². The molecule has 1 aromatic carbocycles. The smallest absolute Gasteiger partial charge is 0.130 e. The molecule has 1 unspecified atom stereocenters. The summed E-state index contributed by atoms with van der Waals surface area (Å²) >= 11 is 0. The summed E-state index contributed by atoms with van der Waals surface area (Å²) in [4.78, 5) is 11.2. The molecular formula is C21H26FN5. The summed E-state index contributed by atoms with van der Waals surface area (Å²) in [5, 5.41) is 3.53. The molecule has 2 heterocycles. The third kappa shape index (κ3) is 4.52. The molecule has 0 aliphatic carbocycles. The molecule has 0 aliphatic heterocycles. The van der Waals surface area contributed by atoms with Gasteiger partial charge < -0.3 is 9.47 Å². The lowest BCUT2D eigenvalue weighted by atomic mass is 10.1. The first-order valence-corrected chi connectivity index (χ1v) is 9.09. The number of anilines is 1. The van der Waals surface area contributed by atoms with Crippen molar-refractivity contribution in [2.75, 3.05) is 11.9 Å². The fourth-order valence-corrected chi connectivity index (χ4v) is 2.88. The van der Waals surface area contributed by atoms with Gasteiger partial charge in [-0.3, -0.25) is 5.32 Å². The quantitative estimate of drug-likeness (QED) is 0.692. The molecule has 27 heavy (non-hydrogen) atoms. The van der Waals surface area contributed by atoms with Crippen LogP contribution in [0.3, 0.4) is 0 Å². The molecule has 5 nitrogen and oxygen atoms in total. The Morgan fingerprint density at radius 3 is 2.41 bits per heavy atom. The van der Waals surface area contributed by atoms with E-state index in [0.29, 0.717) is 12.6 Å². The minimum Gasteiger partial charge on any atom is -0.357 e. The highest BCUT2D eigenvalue weighted by Gasteiger charge is 2.18. The number of imidazole rings is 1. The number of aryl methyl sites for hydroxylation is 1. The number of hydrogen-bond donors (Lipinski definition) is 1. The van der Waals surface area contributed by atoms with Gasteiger partial charge in [-0.15, -0.1) is 0 Å². The second kappa shape index (κ2) is 8.31. The van der Waals surface area contributed by atoms with Crippen LogP contribution in [0.25, 0.3) is 0 Å². The standard InChI is InChI=1S/C21H26FN5/c1-15(2)27(4)19-10-5-16(13-24-19)14-25-20(21-23-11-12-26(21)3)17-6-8-18(22)9-7-17/h5-13,15,20,25H,14H2,1-4H3. The third-order valence-electron chi connectivity index (χ3n) is 4.78. The Hall–Kier alpha value is -2.73. The molecule has 0 amide bonds. The van der Waals surface area contributed by atoms with Gasteiger partial charge in [-0.25, -0.2) is 14.4 Å². The Morgan fingerprint density at radius 2 is 1.85 bits per heavy atom. The van der Waals surface area contributed by atoms with Crippen molar-refractivity contribution in [2.45, 2.75) is 32.5 Å². The summed E-state index contributed by atoms with van der Waals surface area (Å²) in [7, 11) is 4.00. The molecule has 142 valence electrons. The van der Waals surface area contributed by atoms with Crippen LogP contribution in [0.4, 0.5) is 10.2 Å². The summed E-state index contributed by atoms with van der Waals surface area (Å²) in [6.45, 7) is 4.90. The Morgan fingerprint density at radius 1 is 1.11 bits per heavy atom. The first-order chi connectivity index (χ1) is 13.0. The van der Waals surface area contributed by atoms with E-state index in [1.54, 1.807) is 18.3 Å². The highest BCUT2D eigenvalue weighted by Crippen LogP contribution is 2.22. The lowest BCUT2D eigenvalue weighted by molar-refractivity contribution is 0.555. The van der Waals surface area contributed by atoms with Gasteiger partial charge in [-0.05, 0) is 43.2 Å². The van der Waals surface area contributed by atoms with Crippen LogP contribution >= 0.6 is 0 Å². The maximum Gasteiger partial charge on any atom is 0.130 e. The molecule has 6 heteroatoms. The lowest BCUT2D eigenvalue weighted by Crippen LogP contribution is -2.27. The van der Waals surface area contributed by atoms with Gasteiger partial charge in [0, 0.05) is 45.3 Å². The monoisotopic (exact) mass is 367 g/mol. The molecule has 0 saturated heterocycles. The molecule has 0 fully saturated rings. The van der Waals surface area contributed by atoms with Gasteiger partial charge in [-0.2, -0.15) is 0 Å². The van der Waals surface area contributed by atoms with Crippen molar-refractivity contribution in [1.82, 2.24) is 19.9 Å². The van der Waals surface area contributed by atoms with Crippen LogP contribution < -0.4 is 10.2 Å². The number of nitrogens with one attached hydrogen (secondary N) is 1. The summed E-state index contributed by atoms with van der Waals surface area (Å²) < 4.78 is 15.3. The van der Waals surface area contributed by atoms with Crippen LogP contribution in [-0.2, 0) is 13.6 Å². The molecule has 0 saturated carbocycles. The first kappa shape index (κ1) is 19.0. The Bertz CT molecular complexity index is 855. The number of benzene rings is 1. The predicted molar refractivity (Wildman–Crippen MR) is 106 cm³/mol. The molecule has 1 atom stereocenters. The van der Waals surface area contributed by atoms with Crippen molar-refractivity contribution in [3.05, 3.63) is 77.8 Å². The van der Waals surface area contributed by atoms with Crippen LogP contribution in [0, 0.1) is 5.82 Å². The molecule has 3 aromatic rings. The van der Waals surface area contributed by atoms with Crippen molar-refractivity contribution in [3.63, 3.8) is 0 Å². The maximum absolute atomic E-state index is 13.3. The number of hydrogen-bond acceptors (Lipinski definition) is 4. The zero-order chi connectivity index (χ0) is 19.4. The summed E-state index contributed by atoms with van der Waals surface area (Å²) in [5.41, 5.74) is 2.05. The number of halogens is 1.